The molecule has 0 heterocycles. The summed E-state index contributed by atoms with van der Waals surface area (Å²) in [7, 11) is 0. The zero-order valence-corrected chi connectivity index (χ0v) is 10.7. The molecule has 2 aromatic rings. The van der Waals surface area contributed by atoms with Gasteiger partial charge in [0.25, 0.3) is 0 Å². The van der Waals surface area contributed by atoms with E-state index in [2.05, 4.69) is 5.32 Å². The van der Waals surface area contributed by atoms with Gasteiger partial charge in [-0.25, -0.2) is 8.78 Å². The molecule has 1 N–H and O–H groups in total. The molecule has 0 fully saturated rings. The largest absolute Gasteiger partial charge is 0.378 e. The number of hydrogen-bond acceptors (Lipinski definition) is 1. The fourth-order valence-electron chi connectivity index (χ4n) is 1.54. The Bertz CT molecular complexity index is 553. The molecule has 0 aliphatic rings. The van der Waals surface area contributed by atoms with E-state index in [0.717, 1.165) is 6.07 Å². The van der Waals surface area contributed by atoms with E-state index >= 15 is 0 Å². The second kappa shape index (κ2) is 5.55. The van der Waals surface area contributed by atoms with Crippen LogP contribution in [0.15, 0.2) is 36.4 Å². The van der Waals surface area contributed by atoms with Crippen LogP contribution in [0.1, 0.15) is 5.56 Å². The number of rotatable bonds is 3. The van der Waals surface area contributed by atoms with E-state index in [4.69, 9.17) is 23.2 Å². The second-order valence-electron chi connectivity index (χ2n) is 3.66. The van der Waals surface area contributed by atoms with Crippen molar-refractivity contribution in [3.05, 3.63) is 63.6 Å². The van der Waals surface area contributed by atoms with E-state index in [-0.39, 0.29) is 12.1 Å². The van der Waals surface area contributed by atoms with Gasteiger partial charge >= 0.3 is 0 Å². The molecule has 0 spiro atoms. The van der Waals surface area contributed by atoms with Crippen molar-refractivity contribution in [1.29, 1.82) is 0 Å². The molecule has 0 atom stereocenters. The van der Waals surface area contributed by atoms with Crippen LogP contribution in [0.2, 0.25) is 10.0 Å². The van der Waals surface area contributed by atoms with Gasteiger partial charge in [-0.05, 0) is 18.2 Å². The van der Waals surface area contributed by atoms with E-state index in [1.165, 1.54) is 12.1 Å². The minimum atomic E-state index is -0.875. The van der Waals surface area contributed by atoms with E-state index in [9.17, 15) is 8.78 Å². The maximum absolute atomic E-state index is 13.4. The Balaban J connectivity index is 2.19. The Morgan fingerprint density at radius 1 is 0.944 bits per heavy atom. The Morgan fingerprint density at radius 3 is 2.22 bits per heavy atom. The van der Waals surface area contributed by atoms with Gasteiger partial charge in [0.05, 0.1) is 15.7 Å². The van der Waals surface area contributed by atoms with Crippen LogP contribution in [0.3, 0.4) is 0 Å². The summed E-state index contributed by atoms with van der Waals surface area (Å²) in [5, 5.41) is 3.75. The Morgan fingerprint density at radius 2 is 1.56 bits per heavy atom. The topological polar surface area (TPSA) is 12.0 Å². The lowest BCUT2D eigenvalue weighted by Crippen LogP contribution is -2.04. The standard InChI is InChI=1S/C13H9Cl2F2N/c14-9-4-2-5-10(15)13(9)18-7-8-3-1-6-11(16)12(8)17/h1-6,18H,7H2. The van der Waals surface area contributed by atoms with Crippen LogP contribution in [0.4, 0.5) is 14.5 Å². The molecule has 0 amide bonds. The third-order valence-corrected chi connectivity index (χ3v) is 3.08. The Labute approximate surface area is 113 Å². The van der Waals surface area contributed by atoms with Crippen molar-refractivity contribution in [3.63, 3.8) is 0 Å². The molecular formula is C13H9Cl2F2N. The van der Waals surface area contributed by atoms with Gasteiger partial charge in [-0.3, -0.25) is 0 Å². The molecule has 2 rings (SSSR count). The molecule has 5 heteroatoms. The summed E-state index contributed by atoms with van der Waals surface area (Å²) in [6.07, 6.45) is 0. The first-order chi connectivity index (χ1) is 8.59. The molecule has 0 saturated heterocycles. The van der Waals surface area contributed by atoms with Gasteiger partial charge in [-0.1, -0.05) is 41.4 Å². The van der Waals surface area contributed by atoms with Crippen molar-refractivity contribution in [3.8, 4) is 0 Å². The van der Waals surface area contributed by atoms with E-state index < -0.39 is 11.6 Å². The van der Waals surface area contributed by atoms with Crippen LogP contribution in [0.25, 0.3) is 0 Å². The highest BCUT2D eigenvalue weighted by Crippen LogP contribution is 2.30. The Hall–Kier alpha value is -1.32. The first kappa shape index (κ1) is 13.1. The van der Waals surface area contributed by atoms with Gasteiger partial charge in [-0.2, -0.15) is 0 Å². The molecule has 0 aliphatic carbocycles. The number of anilines is 1. The van der Waals surface area contributed by atoms with Crippen LogP contribution in [-0.4, -0.2) is 0 Å². The van der Waals surface area contributed by atoms with E-state index in [1.54, 1.807) is 18.2 Å². The molecule has 0 aromatic heterocycles. The first-order valence-corrected chi connectivity index (χ1v) is 5.96. The average Bonchev–Trinajstić information content (AvgIpc) is 2.33. The summed E-state index contributed by atoms with van der Waals surface area (Å²) < 4.78 is 26.4. The van der Waals surface area contributed by atoms with E-state index in [1.807, 2.05) is 0 Å². The van der Waals surface area contributed by atoms with Crippen LogP contribution in [0, 0.1) is 11.6 Å². The molecule has 1 nitrogen and oxygen atoms in total. The van der Waals surface area contributed by atoms with Gasteiger partial charge in [0.1, 0.15) is 0 Å². The molecule has 0 saturated carbocycles. The van der Waals surface area contributed by atoms with Gasteiger partial charge in [0, 0.05) is 12.1 Å². The van der Waals surface area contributed by atoms with Crippen molar-refractivity contribution in [2.24, 2.45) is 0 Å². The SMILES string of the molecule is Fc1cccc(CNc2c(Cl)cccc2Cl)c1F. The predicted molar refractivity (Wildman–Crippen MR) is 70.1 cm³/mol. The smallest absolute Gasteiger partial charge is 0.163 e. The molecule has 0 radical (unpaired) electrons. The van der Waals surface area contributed by atoms with Crippen molar-refractivity contribution in [2.75, 3.05) is 5.32 Å². The third kappa shape index (κ3) is 2.74. The summed E-state index contributed by atoms with van der Waals surface area (Å²) in [5.74, 6) is -1.74. The van der Waals surface area contributed by atoms with Crippen molar-refractivity contribution in [2.45, 2.75) is 6.54 Å². The van der Waals surface area contributed by atoms with Gasteiger partial charge in [-0.15, -0.1) is 0 Å². The molecule has 0 bridgehead atoms. The van der Waals surface area contributed by atoms with Crippen LogP contribution >= 0.6 is 23.2 Å². The minimum Gasteiger partial charge on any atom is -0.378 e. The zero-order chi connectivity index (χ0) is 13.1. The quantitative estimate of drug-likeness (QED) is 0.848. The van der Waals surface area contributed by atoms with Crippen LogP contribution in [0.5, 0.6) is 0 Å². The average molecular weight is 288 g/mol. The highest BCUT2D eigenvalue weighted by Gasteiger charge is 2.09. The summed E-state index contributed by atoms with van der Waals surface area (Å²) in [6, 6.07) is 9.05. The fraction of sp³-hybridized carbons (Fsp3) is 0.0769. The monoisotopic (exact) mass is 287 g/mol. The molecular weight excluding hydrogens is 279 g/mol. The first-order valence-electron chi connectivity index (χ1n) is 5.20. The molecule has 18 heavy (non-hydrogen) atoms. The number of nitrogens with one attached hydrogen (secondary N) is 1. The lowest BCUT2D eigenvalue weighted by atomic mass is 10.2. The molecule has 0 aliphatic heterocycles. The maximum Gasteiger partial charge on any atom is 0.163 e. The van der Waals surface area contributed by atoms with Crippen molar-refractivity contribution >= 4 is 28.9 Å². The normalized spacial score (nSPS) is 10.4. The molecule has 94 valence electrons. The molecule has 0 unspecified atom stereocenters. The second-order valence-corrected chi connectivity index (χ2v) is 4.48. The number of hydrogen-bond donors (Lipinski definition) is 1. The number of para-hydroxylation sites is 1. The highest BCUT2D eigenvalue weighted by atomic mass is 35.5. The lowest BCUT2D eigenvalue weighted by molar-refractivity contribution is 0.500. The number of halogens is 4. The van der Waals surface area contributed by atoms with Crippen LogP contribution < -0.4 is 5.32 Å². The summed E-state index contributed by atoms with van der Waals surface area (Å²) in [5.41, 5.74) is 0.718. The maximum atomic E-state index is 13.4. The lowest BCUT2D eigenvalue weighted by Gasteiger charge is -2.11. The third-order valence-electron chi connectivity index (χ3n) is 2.45. The molecule has 2 aromatic carbocycles. The minimum absolute atomic E-state index is 0.104. The van der Waals surface area contributed by atoms with Gasteiger partial charge in [0.2, 0.25) is 0 Å². The van der Waals surface area contributed by atoms with Crippen LogP contribution in [-0.2, 0) is 6.54 Å². The summed E-state index contributed by atoms with van der Waals surface area (Å²) in [4.78, 5) is 0. The van der Waals surface area contributed by atoms with Gasteiger partial charge in [0.15, 0.2) is 11.6 Å². The summed E-state index contributed by atoms with van der Waals surface area (Å²) in [6.45, 7) is 0.104. The summed E-state index contributed by atoms with van der Waals surface area (Å²) >= 11 is 11.9. The predicted octanol–water partition coefficient (Wildman–Crippen LogP) is 4.88. The number of benzene rings is 2. The fourth-order valence-corrected chi connectivity index (χ4v) is 2.07. The van der Waals surface area contributed by atoms with Crippen molar-refractivity contribution in [1.82, 2.24) is 0 Å². The van der Waals surface area contributed by atoms with Gasteiger partial charge < -0.3 is 5.32 Å². The highest BCUT2D eigenvalue weighted by molar-refractivity contribution is 6.39. The van der Waals surface area contributed by atoms with E-state index in [0.29, 0.717) is 15.7 Å². The Kier molecular flexibility index (Phi) is 4.04. The van der Waals surface area contributed by atoms with Crippen molar-refractivity contribution < 1.29 is 8.78 Å². The zero-order valence-electron chi connectivity index (χ0n) is 9.18.